The second-order valence-electron chi connectivity index (χ2n) is 5.04. The van der Waals surface area contributed by atoms with Crippen molar-refractivity contribution in [3.8, 4) is 0 Å². The Morgan fingerprint density at radius 3 is 2.84 bits per heavy atom. The molecule has 0 aromatic carbocycles. The molecule has 2 atom stereocenters. The summed E-state index contributed by atoms with van der Waals surface area (Å²) in [5, 5.41) is 0. The SMILES string of the molecule is CC1CC(OC(=O)c2cn(CCN)cn2)CC(C)O1. The molecular weight excluding hydrogens is 246 g/mol. The highest BCUT2D eigenvalue weighted by molar-refractivity contribution is 5.87. The highest BCUT2D eigenvalue weighted by atomic mass is 16.6. The Morgan fingerprint density at radius 2 is 2.21 bits per heavy atom. The first kappa shape index (κ1) is 14.0. The van der Waals surface area contributed by atoms with Crippen LogP contribution in [-0.2, 0) is 16.0 Å². The number of aromatic nitrogens is 2. The van der Waals surface area contributed by atoms with Crippen LogP contribution in [-0.4, -0.2) is 40.4 Å². The maximum absolute atomic E-state index is 12.0. The molecule has 6 nitrogen and oxygen atoms in total. The van der Waals surface area contributed by atoms with Crippen LogP contribution in [0.3, 0.4) is 0 Å². The highest BCUT2D eigenvalue weighted by Crippen LogP contribution is 2.22. The predicted octanol–water partition coefficient (Wildman–Crippen LogP) is 0.955. The number of hydrogen-bond donors (Lipinski definition) is 1. The lowest BCUT2D eigenvalue weighted by Gasteiger charge is -2.31. The summed E-state index contributed by atoms with van der Waals surface area (Å²) in [6, 6.07) is 0. The van der Waals surface area contributed by atoms with Gasteiger partial charge in [-0.3, -0.25) is 0 Å². The molecule has 6 heteroatoms. The van der Waals surface area contributed by atoms with Crippen LogP contribution in [0.1, 0.15) is 37.2 Å². The molecule has 2 N–H and O–H groups in total. The van der Waals surface area contributed by atoms with E-state index in [1.807, 2.05) is 13.8 Å². The second-order valence-corrected chi connectivity index (χ2v) is 5.04. The zero-order valence-corrected chi connectivity index (χ0v) is 11.4. The van der Waals surface area contributed by atoms with E-state index in [0.29, 0.717) is 18.8 Å². The van der Waals surface area contributed by atoms with Gasteiger partial charge in [0, 0.05) is 32.1 Å². The van der Waals surface area contributed by atoms with Crippen molar-refractivity contribution >= 4 is 5.97 Å². The van der Waals surface area contributed by atoms with E-state index in [9.17, 15) is 4.79 Å². The van der Waals surface area contributed by atoms with Gasteiger partial charge in [0.2, 0.25) is 0 Å². The molecule has 0 spiro atoms. The maximum atomic E-state index is 12.0. The van der Waals surface area contributed by atoms with Gasteiger partial charge < -0.3 is 19.8 Å². The Labute approximate surface area is 112 Å². The van der Waals surface area contributed by atoms with Crippen molar-refractivity contribution in [3.63, 3.8) is 0 Å². The predicted molar refractivity (Wildman–Crippen MR) is 69.7 cm³/mol. The first-order chi connectivity index (χ1) is 9.08. The Bertz CT molecular complexity index is 423. The molecule has 0 saturated carbocycles. The van der Waals surface area contributed by atoms with Crippen LogP contribution in [0, 0.1) is 0 Å². The number of imidazole rings is 1. The molecule has 2 rings (SSSR count). The van der Waals surface area contributed by atoms with Gasteiger partial charge in [-0.25, -0.2) is 9.78 Å². The Kier molecular flexibility index (Phi) is 4.55. The van der Waals surface area contributed by atoms with Gasteiger partial charge in [0.1, 0.15) is 6.10 Å². The number of carbonyl (C=O) groups is 1. The van der Waals surface area contributed by atoms with Gasteiger partial charge in [-0.05, 0) is 13.8 Å². The van der Waals surface area contributed by atoms with Crippen LogP contribution in [0.25, 0.3) is 0 Å². The zero-order chi connectivity index (χ0) is 13.8. The number of carbonyl (C=O) groups excluding carboxylic acids is 1. The molecule has 0 radical (unpaired) electrons. The van der Waals surface area contributed by atoms with Crippen molar-refractivity contribution in [1.29, 1.82) is 0 Å². The van der Waals surface area contributed by atoms with Crippen LogP contribution in [0.4, 0.5) is 0 Å². The van der Waals surface area contributed by atoms with E-state index >= 15 is 0 Å². The summed E-state index contributed by atoms with van der Waals surface area (Å²) < 4.78 is 12.9. The van der Waals surface area contributed by atoms with Crippen LogP contribution in [0.15, 0.2) is 12.5 Å². The number of esters is 1. The third-order valence-corrected chi connectivity index (χ3v) is 3.16. The van der Waals surface area contributed by atoms with E-state index < -0.39 is 0 Å². The fourth-order valence-corrected chi connectivity index (χ4v) is 2.39. The van der Waals surface area contributed by atoms with E-state index in [1.54, 1.807) is 17.1 Å². The molecule has 2 unspecified atom stereocenters. The number of hydrogen-bond acceptors (Lipinski definition) is 5. The smallest absolute Gasteiger partial charge is 0.358 e. The molecule has 2 heterocycles. The van der Waals surface area contributed by atoms with Gasteiger partial charge in [0.25, 0.3) is 0 Å². The fourth-order valence-electron chi connectivity index (χ4n) is 2.39. The van der Waals surface area contributed by atoms with Crippen molar-refractivity contribution in [2.45, 2.75) is 51.5 Å². The fraction of sp³-hybridized carbons (Fsp3) is 0.692. The molecule has 1 aliphatic rings. The summed E-state index contributed by atoms with van der Waals surface area (Å²) in [7, 11) is 0. The van der Waals surface area contributed by atoms with Crippen LogP contribution < -0.4 is 5.73 Å². The number of nitrogens with two attached hydrogens (primary N) is 1. The van der Waals surface area contributed by atoms with Crippen LogP contribution in [0.2, 0.25) is 0 Å². The van der Waals surface area contributed by atoms with Crippen molar-refractivity contribution in [2.75, 3.05) is 6.54 Å². The largest absolute Gasteiger partial charge is 0.457 e. The van der Waals surface area contributed by atoms with Gasteiger partial charge in [-0.1, -0.05) is 0 Å². The Hall–Kier alpha value is -1.40. The topological polar surface area (TPSA) is 79.4 Å². The summed E-state index contributed by atoms with van der Waals surface area (Å²) >= 11 is 0. The van der Waals surface area contributed by atoms with E-state index in [2.05, 4.69) is 4.98 Å². The van der Waals surface area contributed by atoms with E-state index in [1.165, 1.54) is 0 Å². The molecule has 1 saturated heterocycles. The number of nitrogens with zero attached hydrogens (tertiary/aromatic N) is 2. The van der Waals surface area contributed by atoms with E-state index in [4.69, 9.17) is 15.2 Å². The summed E-state index contributed by atoms with van der Waals surface area (Å²) in [5.41, 5.74) is 5.78. The Balaban J connectivity index is 1.92. The Morgan fingerprint density at radius 1 is 1.53 bits per heavy atom. The lowest BCUT2D eigenvalue weighted by atomic mass is 10.0. The van der Waals surface area contributed by atoms with E-state index in [0.717, 1.165) is 12.8 Å². The van der Waals surface area contributed by atoms with Crippen molar-refractivity contribution in [2.24, 2.45) is 5.73 Å². The maximum Gasteiger partial charge on any atom is 0.358 e. The standard InChI is InChI=1S/C13H21N3O3/c1-9-5-11(6-10(2)18-9)19-13(17)12-7-16(4-3-14)8-15-12/h7-11H,3-6,14H2,1-2H3. The quantitative estimate of drug-likeness (QED) is 0.822. The van der Waals surface area contributed by atoms with Gasteiger partial charge in [-0.2, -0.15) is 0 Å². The van der Waals surface area contributed by atoms with Gasteiger partial charge >= 0.3 is 5.97 Å². The molecule has 106 valence electrons. The van der Waals surface area contributed by atoms with Gasteiger partial charge in [0.15, 0.2) is 5.69 Å². The minimum Gasteiger partial charge on any atom is -0.457 e. The molecule has 1 fully saturated rings. The van der Waals surface area contributed by atoms with Crippen LogP contribution >= 0.6 is 0 Å². The summed E-state index contributed by atoms with van der Waals surface area (Å²) in [6.07, 6.45) is 4.89. The molecule has 0 aliphatic carbocycles. The number of rotatable bonds is 4. The molecule has 19 heavy (non-hydrogen) atoms. The molecular formula is C13H21N3O3. The van der Waals surface area contributed by atoms with Crippen molar-refractivity contribution in [1.82, 2.24) is 9.55 Å². The first-order valence-corrected chi connectivity index (χ1v) is 6.66. The summed E-state index contributed by atoms with van der Waals surface area (Å²) in [6.45, 7) is 5.14. The molecule has 1 aromatic heterocycles. The van der Waals surface area contributed by atoms with Crippen molar-refractivity contribution in [3.05, 3.63) is 18.2 Å². The zero-order valence-electron chi connectivity index (χ0n) is 11.4. The average Bonchev–Trinajstić information content (AvgIpc) is 2.76. The third kappa shape index (κ3) is 3.78. The lowest BCUT2D eigenvalue weighted by molar-refractivity contribution is -0.0856. The van der Waals surface area contributed by atoms with Gasteiger partial charge in [-0.15, -0.1) is 0 Å². The second kappa shape index (κ2) is 6.16. The van der Waals surface area contributed by atoms with Crippen LogP contribution in [0.5, 0.6) is 0 Å². The van der Waals surface area contributed by atoms with Crippen molar-refractivity contribution < 1.29 is 14.3 Å². The highest BCUT2D eigenvalue weighted by Gasteiger charge is 2.28. The first-order valence-electron chi connectivity index (χ1n) is 6.66. The number of ether oxygens (including phenoxy) is 2. The minimum absolute atomic E-state index is 0.0918. The summed E-state index contributed by atoms with van der Waals surface area (Å²) in [5.74, 6) is -0.373. The third-order valence-electron chi connectivity index (χ3n) is 3.16. The van der Waals surface area contributed by atoms with E-state index in [-0.39, 0.29) is 24.3 Å². The lowest BCUT2D eigenvalue weighted by Crippen LogP contribution is -2.35. The monoisotopic (exact) mass is 267 g/mol. The molecule has 0 amide bonds. The van der Waals surface area contributed by atoms with Gasteiger partial charge in [0.05, 0.1) is 18.5 Å². The molecule has 0 bridgehead atoms. The minimum atomic E-state index is -0.373. The average molecular weight is 267 g/mol. The molecule has 1 aliphatic heterocycles. The summed E-state index contributed by atoms with van der Waals surface area (Å²) in [4.78, 5) is 16.0. The normalized spacial score (nSPS) is 27.2. The molecule has 1 aromatic rings.